The maximum atomic E-state index is 11.8. The highest BCUT2D eigenvalue weighted by atomic mass is 16.5. The summed E-state index contributed by atoms with van der Waals surface area (Å²) in [7, 11) is 1.79. The van der Waals surface area contributed by atoms with Crippen molar-refractivity contribution >= 4 is 11.6 Å². The topological polar surface area (TPSA) is 61.8 Å². The minimum absolute atomic E-state index is 0.0389. The summed E-state index contributed by atoms with van der Waals surface area (Å²) in [6, 6.07) is 17.2. The van der Waals surface area contributed by atoms with E-state index in [1.165, 1.54) is 0 Å². The molecule has 0 radical (unpaired) electrons. The van der Waals surface area contributed by atoms with Crippen molar-refractivity contribution in [2.75, 3.05) is 32.1 Å². The molecule has 5 nitrogen and oxygen atoms in total. The number of hydrogen-bond donors (Lipinski definition) is 2. The Morgan fingerprint density at radius 1 is 1.13 bits per heavy atom. The quantitative estimate of drug-likeness (QED) is 0.783. The second-order valence-electron chi connectivity index (χ2n) is 5.31. The number of carbonyl (C=O) groups excluding carboxylic acids is 1. The first-order valence-corrected chi connectivity index (χ1v) is 7.53. The van der Waals surface area contributed by atoms with Gasteiger partial charge in [-0.05, 0) is 36.9 Å². The molecule has 2 rings (SSSR count). The Morgan fingerprint density at radius 2 is 1.83 bits per heavy atom. The van der Waals surface area contributed by atoms with Gasteiger partial charge in [-0.2, -0.15) is 0 Å². The fourth-order valence-electron chi connectivity index (χ4n) is 2.07. The van der Waals surface area contributed by atoms with Crippen LogP contribution in [0.5, 0.6) is 5.75 Å². The smallest absolute Gasteiger partial charge is 0.238 e. The van der Waals surface area contributed by atoms with Crippen LogP contribution in [0.15, 0.2) is 54.6 Å². The normalized spacial score (nSPS) is 10.6. The molecule has 0 saturated carbocycles. The Morgan fingerprint density at radius 3 is 2.48 bits per heavy atom. The first-order chi connectivity index (χ1) is 11.2. The van der Waals surface area contributed by atoms with Gasteiger partial charge in [-0.1, -0.05) is 30.3 Å². The van der Waals surface area contributed by atoms with Crippen molar-refractivity contribution in [3.63, 3.8) is 0 Å². The van der Waals surface area contributed by atoms with Gasteiger partial charge in [0.2, 0.25) is 5.91 Å². The number of nitrogens with one attached hydrogen (secondary N) is 1. The number of aliphatic hydroxyl groups is 1. The van der Waals surface area contributed by atoms with Crippen LogP contribution in [0.1, 0.15) is 5.56 Å². The molecule has 0 saturated heterocycles. The Balaban J connectivity index is 1.81. The van der Waals surface area contributed by atoms with Crippen LogP contribution in [0.3, 0.4) is 0 Å². The number of nitrogens with zero attached hydrogens (tertiary/aromatic N) is 1. The molecule has 0 spiro atoms. The second-order valence-corrected chi connectivity index (χ2v) is 5.31. The number of amides is 1. The lowest BCUT2D eigenvalue weighted by Crippen LogP contribution is -2.32. The van der Waals surface area contributed by atoms with Crippen molar-refractivity contribution in [3.05, 3.63) is 60.2 Å². The molecule has 0 heterocycles. The van der Waals surface area contributed by atoms with Gasteiger partial charge in [-0.3, -0.25) is 9.69 Å². The van der Waals surface area contributed by atoms with Gasteiger partial charge < -0.3 is 15.2 Å². The summed E-state index contributed by atoms with van der Waals surface area (Å²) < 4.78 is 5.70. The molecule has 0 bridgehead atoms. The molecule has 0 aliphatic carbocycles. The van der Waals surface area contributed by atoms with E-state index in [9.17, 15) is 4.79 Å². The Bertz CT molecular complexity index is 599. The number of ether oxygens (including phenoxy) is 1. The lowest BCUT2D eigenvalue weighted by Gasteiger charge is -2.14. The number of likely N-dealkylation sites (N-methyl/N-ethyl adjacent to an activating group) is 1. The van der Waals surface area contributed by atoms with Gasteiger partial charge >= 0.3 is 0 Å². The van der Waals surface area contributed by atoms with Crippen molar-refractivity contribution in [1.82, 2.24) is 4.90 Å². The maximum absolute atomic E-state index is 11.8. The fraction of sp³-hybridized carbons (Fsp3) is 0.278. The highest BCUT2D eigenvalue weighted by Gasteiger charge is 2.06. The van der Waals surface area contributed by atoms with Crippen LogP contribution in [0.4, 0.5) is 5.69 Å². The van der Waals surface area contributed by atoms with Crippen molar-refractivity contribution < 1.29 is 14.6 Å². The van der Waals surface area contributed by atoms with E-state index >= 15 is 0 Å². The van der Waals surface area contributed by atoms with E-state index in [-0.39, 0.29) is 19.1 Å². The number of hydrogen-bond acceptors (Lipinski definition) is 4. The van der Waals surface area contributed by atoms with Gasteiger partial charge in [0.25, 0.3) is 0 Å². The lowest BCUT2D eigenvalue weighted by molar-refractivity contribution is -0.117. The average molecular weight is 314 g/mol. The summed E-state index contributed by atoms with van der Waals surface area (Å²) >= 11 is 0. The van der Waals surface area contributed by atoms with Crippen LogP contribution in [0.25, 0.3) is 0 Å². The molecular formula is C18H22N2O3. The molecule has 2 aromatic carbocycles. The van der Waals surface area contributed by atoms with Crippen LogP contribution < -0.4 is 10.1 Å². The zero-order chi connectivity index (χ0) is 16.5. The van der Waals surface area contributed by atoms with Crippen LogP contribution in [0.2, 0.25) is 0 Å². The molecule has 0 unspecified atom stereocenters. The molecule has 5 heteroatoms. The van der Waals surface area contributed by atoms with E-state index in [0.717, 1.165) is 17.0 Å². The van der Waals surface area contributed by atoms with Gasteiger partial charge in [0.15, 0.2) is 0 Å². The number of benzene rings is 2. The van der Waals surface area contributed by atoms with Crippen LogP contribution >= 0.6 is 0 Å². The third-order valence-electron chi connectivity index (χ3n) is 3.28. The van der Waals surface area contributed by atoms with E-state index in [1.807, 2.05) is 54.6 Å². The molecule has 1 amide bonds. The standard InChI is InChI=1S/C18H22N2O3/c1-20(11-12-21)13-18(22)19-16-7-9-17(10-8-16)23-14-15-5-3-2-4-6-15/h2-10,21H,11-14H2,1H3,(H,19,22). The molecule has 0 fully saturated rings. The molecule has 2 N–H and O–H groups in total. The highest BCUT2D eigenvalue weighted by molar-refractivity contribution is 5.92. The van der Waals surface area contributed by atoms with Gasteiger partial charge in [0.05, 0.1) is 13.2 Å². The second kappa shape index (κ2) is 8.92. The molecular weight excluding hydrogens is 292 g/mol. The first-order valence-electron chi connectivity index (χ1n) is 7.53. The summed E-state index contributed by atoms with van der Waals surface area (Å²) in [5.41, 5.74) is 1.83. The average Bonchev–Trinajstić information content (AvgIpc) is 2.55. The maximum Gasteiger partial charge on any atom is 0.238 e. The highest BCUT2D eigenvalue weighted by Crippen LogP contribution is 2.17. The Hall–Kier alpha value is -2.37. The van der Waals surface area contributed by atoms with Crippen LogP contribution in [0, 0.1) is 0 Å². The van der Waals surface area contributed by atoms with Crippen LogP contribution in [-0.2, 0) is 11.4 Å². The van der Waals surface area contributed by atoms with E-state index in [2.05, 4.69) is 5.32 Å². The monoisotopic (exact) mass is 314 g/mol. The number of anilines is 1. The Labute approximate surface area is 136 Å². The van der Waals surface area contributed by atoms with Crippen LogP contribution in [-0.4, -0.2) is 42.7 Å². The van der Waals surface area contributed by atoms with Gasteiger partial charge in [0.1, 0.15) is 12.4 Å². The first kappa shape index (κ1) is 17.0. The SMILES string of the molecule is CN(CCO)CC(=O)Nc1ccc(OCc2ccccc2)cc1. The molecule has 0 aliphatic rings. The molecule has 23 heavy (non-hydrogen) atoms. The van der Waals surface area contributed by atoms with Gasteiger partial charge in [-0.15, -0.1) is 0 Å². The molecule has 0 aromatic heterocycles. The van der Waals surface area contributed by atoms with E-state index in [1.54, 1.807) is 11.9 Å². The molecule has 122 valence electrons. The molecule has 0 aliphatic heterocycles. The van der Waals surface area contributed by atoms with Crippen molar-refractivity contribution in [2.45, 2.75) is 6.61 Å². The molecule has 0 atom stereocenters. The zero-order valence-electron chi connectivity index (χ0n) is 13.2. The zero-order valence-corrected chi connectivity index (χ0v) is 13.2. The molecule has 2 aromatic rings. The van der Waals surface area contributed by atoms with E-state index in [4.69, 9.17) is 9.84 Å². The van der Waals surface area contributed by atoms with E-state index < -0.39 is 0 Å². The largest absolute Gasteiger partial charge is 0.489 e. The summed E-state index contributed by atoms with van der Waals surface area (Å²) in [5.74, 6) is 0.642. The third kappa shape index (κ3) is 6.10. The fourth-order valence-corrected chi connectivity index (χ4v) is 2.07. The number of rotatable bonds is 8. The van der Waals surface area contributed by atoms with Crippen molar-refractivity contribution in [3.8, 4) is 5.75 Å². The predicted octanol–water partition coefficient (Wildman–Crippen LogP) is 2.13. The lowest BCUT2D eigenvalue weighted by atomic mass is 10.2. The minimum Gasteiger partial charge on any atom is -0.489 e. The number of aliphatic hydroxyl groups excluding tert-OH is 1. The summed E-state index contributed by atoms with van der Waals surface area (Å²) in [6.45, 7) is 1.27. The van der Waals surface area contributed by atoms with Gasteiger partial charge in [-0.25, -0.2) is 0 Å². The van der Waals surface area contributed by atoms with Crippen molar-refractivity contribution in [2.24, 2.45) is 0 Å². The van der Waals surface area contributed by atoms with Crippen molar-refractivity contribution in [1.29, 1.82) is 0 Å². The minimum atomic E-state index is -0.112. The summed E-state index contributed by atoms with van der Waals surface area (Å²) in [4.78, 5) is 13.6. The van der Waals surface area contributed by atoms with E-state index in [0.29, 0.717) is 13.2 Å². The predicted molar refractivity (Wildman–Crippen MR) is 90.4 cm³/mol. The Kier molecular flexibility index (Phi) is 6.59. The number of carbonyl (C=O) groups is 1. The summed E-state index contributed by atoms with van der Waals surface area (Å²) in [5, 5.41) is 11.6. The third-order valence-corrected chi connectivity index (χ3v) is 3.28. The summed E-state index contributed by atoms with van der Waals surface area (Å²) in [6.07, 6.45) is 0. The van der Waals surface area contributed by atoms with Gasteiger partial charge in [0, 0.05) is 12.2 Å².